The Bertz CT molecular complexity index is 1030. The first-order chi connectivity index (χ1) is 15.3. The number of benzene rings is 1. The zero-order valence-electron chi connectivity index (χ0n) is 18.8. The van der Waals surface area contributed by atoms with Gasteiger partial charge in [0.1, 0.15) is 16.3 Å². The molecule has 2 fully saturated rings. The van der Waals surface area contributed by atoms with Crippen LogP contribution < -0.4 is 4.74 Å². The minimum atomic E-state index is -3.65. The number of hydrogen-bond acceptors (Lipinski definition) is 7. The average molecular weight is 463 g/mol. The molecule has 1 aliphatic heterocycles. The summed E-state index contributed by atoms with van der Waals surface area (Å²) in [5, 5.41) is 3.77. The zero-order valence-corrected chi connectivity index (χ0v) is 19.6. The summed E-state index contributed by atoms with van der Waals surface area (Å²) >= 11 is 0. The summed E-state index contributed by atoms with van der Waals surface area (Å²) in [6.45, 7) is 5.80. The number of methoxy groups -OCH3 is 1. The van der Waals surface area contributed by atoms with Gasteiger partial charge in [0.05, 0.1) is 13.7 Å². The Hall–Kier alpha value is -2.43. The van der Waals surface area contributed by atoms with E-state index in [2.05, 4.69) is 5.16 Å². The predicted octanol–water partition coefficient (Wildman–Crippen LogP) is 1.80. The second-order valence-corrected chi connectivity index (χ2v) is 10.3. The number of carbonyl (C=O) groups excluding carboxylic acids is 1. The van der Waals surface area contributed by atoms with E-state index in [1.165, 1.54) is 4.31 Å². The van der Waals surface area contributed by atoms with Gasteiger partial charge in [-0.05, 0) is 44.4 Å². The second-order valence-electron chi connectivity index (χ2n) is 8.43. The van der Waals surface area contributed by atoms with Crippen LogP contribution >= 0.6 is 0 Å². The Kier molecular flexibility index (Phi) is 6.55. The van der Waals surface area contributed by atoms with Gasteiger partial charge in [-0.1, -0.05) is 17.3 Å². The Morgan fingerprint density at radius 2 is 1.81 bits per heavy atom. The van der Waals surface area contributed by atoms with Crippen LogP contribution in [0.2, 0.25) is 0 Å². The molecule has 0 unspecified atom stereocenters. The molecule has 0 spiro atoms. The quantitative estimate of drug-likeness (QED) is 0.590. The van der Waals surface area contributed by atoms with Gasteiger partial charge in [-0.2, -0.15) is 4.31 Å². The van der Waals surface area contributed by atoms with E-state index in [9.17, 15) is 13.2 Å². The Morgan fingerprint density at radius 3 is 2.34 bits per heavy atom. The van der Waals surface area contributed by atoms with Gasteiger partial charge >= 0.3 is 0 Å². The summed E-state index contributed by atoms with van der Waals surface area (Å²) < 4.78 is 37.7. The molecule has 32 heavy (non-hydrogen) atoms. The van der Waals surface area contributed by atoms with Gasteiger partial charge in [0, 0.05) is 38.8 Å². The van der Waals surface area contributed by atoms with E-state index in [0.29, 0.717) is 56.8 Å². The molecule has 1 aromatic carbocycles. The van der Waals surface area contributed by atoms with Crippen molar-refractivity contribution in [2.45, 2.75) is 44.2 Å². The van der Waals surface area contributed by atoms with Crippen LogP contribution in [0.5, 0.6) is 5.75 Å². The molecular formula is C22H30N4O5S. The van der Waals surface area contributed by atoms with E-state index in [1.54, 1.807) is 21.0 Å². The lowest BCUT2D eigenvalue weighted by atomic mass is 10.2. The molecule has 2 heterocycles. The van der Waals surface area contributed by atoms with Gasteiger partial charge in [0.2, 0.25) is 15.9 Å². The number of nitrogens with zero attached hydrogens (tertiary/aromatic N) is 4. The van der Waals surface area contributed by atoms with E-state index in [-0.39, 0.29) is 10.8 Å². The van der Waals surface area contributed by atoms with Crippen molar-refractivity contribution in [3.63, 3.8) is 0 Å². The highest BCUT2D eigenvalue weighted by molar-refractivity contribution is 7.89. The van der Waals surface area contributed by atoms with Crippen molar-refractivity contribution < 1.29 is 22.5 Å². The van der Waals surface area contributed by atoms with E-state index < -0.39 is 10.0 Å². The number of amides is 1. The third-order valence-corrected chi connectivity index (χ3v) is 8.22. The highest BCUT2D eigenvalue weighted by Crippen LogP contribution is 2.29. The lowest BCUT2D eigenvalue weighted by molar-refractivity contribution is -0.133. The van der Waals surface area contributed by atoms with Crippen molar-refractivity contribution in [2.24, 2.45) is 0 Å². The van der Waals surface area contributed by atoms with E-state index in [1.807, 2.05) is 34.1 Å². The Morgan fingerprint density at radius 1 is 1.16 bits per heavy atom. The minimum absolute atomic E-state index is 0.0883. The van der Waals surface area contributed by atoms with Crippen molar-refractivity contribution in [3.05, 3.63) is 41.3 Å². The molecule has 2 aliphatic rings. The van der Waals surface area contributed by atoms with Crippen molar-refractivity contribution in [2.75, 3.05) is 39.8 Å². The fraction of sp³-hybridized carbons (Fsp3) is 0.545. The molecule has 0 N–H and O–H groups in total. The number of carbonyl (C=O) groups is 1. The van der Waals surface area contributed by atoms with Crippen molar-refractivity contribution in [1.82, 2.24) is 19.3 Å². The smallest absolute Gasteiger partial charge is 0.248 e. The minimum Gasteiger partial charge on any atom is -0.497 e. The number of sulfonamides is 1. The normalized spacial score (nSPS) is 18.0. The molecule has 1 saturated carbocycles. The number of hydrogen-bond donors (Lipinski definition) is 0. The van der Waals surface area contributed by atoms with Crippen LogP contribution in [-0.2, 0) is 21.4 Å². The van der Waals surface area contributed by atoms with Gasteiger partial charge in [-0.25, -0.2) is 8.42 Å². The summed E-state index contributed by atoms with van der Waals surface area (Å²) in [6.07, 6.45) is 2.07. The third-order valence-electron chi connectivity index (χ3n) is 6.08. The fourth-order valence-electron chi connectivity index (χ4n) is 4.12. The fourth-order valence-corrected chi connectivity index (χ4v) is 5.83. The first kappa shape index (κ1) is 22.8. The standard InChI is InChI=1S/C22H30N4O5S/c1-16-22(17(2)31-23-16)32(28,29)25-12-10-24(11-13-25)15-21(27)26(19-6-7-19)14-18-4-8-20(30-3)9-5-18/h4-5,8-9,19H,6-7,10-15H2,1-3H3. The van der Waals surface area contributed by atoms with Gasteiger partial charge in [-0.15, -0.1) is 0 Å². The summed E-state index contributed by atoms with van der Waals surface area (Å²) in [5.74, 6) is 1.19. The first-order valence-corrected chi connectivity index (χ1v) is 12.3. The van der Waals surface area contributed by atoms with Crippen LogP contribution in [0.25, 0.3) is 0 Å². The molecule has 0 radical (unpaired) electrons. The molecule has 4 rings (SSSR count). The molecule has 0 atom stereocenters. The van der Waals surface area contributed by atoms with Gasteiger partial charge in [-0.3, -0.25) is 9.69 Å². The molecule has 9 nitrogen and oxygen atoms in total. The van der Waals surface area contributed by atoms with E-state index >= 15 is 0 Å². The van der Waals surface area contributed by atoms with Crippen molar-refractivity contribution in [1.29, 1.82) is 0 Å². The predicted molar refractivity (Wildman–Crippen MR) is 118 cm³/mol. The molecule has 1 aromatic heterocycles. The Balaban J connectivity index is 1.35. The largest absolute Gasteiger partial charge is 0.497 e. The molecule has 1 saturated heterocycles. The van der Waals surface area contributed by atoms with Crippen LogP contribution in [0.15, 0.2) is 33.7 Å². The molecule has 1 aliphatic carbocycles. The number of rotatable bonds is 8. The molecule has 10 heteroatoms. The van der Waals surface area contributed by atoms with Crippen LogP contribution in [0, 0.1) is 13.8 Å². The molecular weight excluding hydrogens is 432 g/mol. The third kappa shape index (κ3) is 4.82. The van der Waals surface area contributed by atoms with Crippen LogP contribution in [-0.4, -0.2) is 79.5 Å². The maximum Gasteiger partial charge on any atom is 0.248 e. The summed E-state index contributed by atoms with van der Waals surface area (Å²) in [5.41, 5.74) is 1.44. The van der Waals surface area contributed by atoms with E-state index in [0.717, 1.165) is 24.2 Å². The SMILES string of the molecule is COc1ccc(CN(C(=O)CN2CCN(S(=O)(=O)c3c(C)noc3C)CC2)C2CC2)cc1. The highest BCUT2D eigenvalue weighted by atomic mass is 32.2. The van der Waals surface area contributed by atoms with Gasteiger partial charge in [0.25, 0.3) is 0 Å². The maximum absolute atomic E-state index is 13.1. The molecule has 0 bridgehead atoms. The van der Waals surface area contributed by atoms with Crippen molar-refractivity contribution >= 4 is 15.9 Å². The number of aromatic nitrogens is 1. The molecule has 174 valence electrons. The first-order valence-electron chi connectivity index (χ1n) is 10.9. The summed E-state index contributed by atoms with van der Waals surface area (Å²) in [4.78, 5) is 17.2. The average Bonchev–Trinajstić information content (AvgIpc) is 3.56. The Labute approximate surface area is 189 Å². The van der Waals surface area contributed by atoms with Crippen LogP contribution in [0.1, 0.15) is 29.9 Å². The van der Waals surface area contributed by atoms with Crippen LogP contribution in [0.4, 0.5) is 0 Å². The summed E-state index contributed by atoms with van der Waals surface area (Å²) in [7, 11) is -2.02. The highest BCUT2D eigenvalue weighted by Gasteiger charge is 2.36. The maximum atomic E-state index is 13.1. The second kappa shape index (κ2) is 9.21. The number of piperazine rings is 1. The summed E-state index contributed by atoms with van der Waals surface area (Å²) in [6, 6.07) is 8.08. The van der Waals surface area contributed by atoms with E-state index in [4.69, 9.17) is 9.26 Å². The van der Waals surface area contributed by atoms with Gasteiger partial charge < -0.3 is 14.2 Å². The lowest BCUT2D eigenvalue weighted by Crippen LogP contribution is -2.51. The molecule has 1 amide bonds. The number of aryl methyl sites for hydroxylation is 2. The lowest BCUT2D eigenvalue weighted by Gasteiger charge is -2.34. The van der Waals surface area contributed by atoms with Gasteiger partial charge in [0.15, 0.2) is 5.76 Å². The topological polar surface area (TPSA) is 96.2 Å². The molecule has 2 aromatic rings. The zero-order chi connectivity index (χ0) is 22.9. The monoisotopic (exact) mass is 462 g/mol. The number of ether oxygens (including phenoxy) is 1. The van der Waals surface area contributed by atoms with Crippen molar-refractivity contribution in [3.8, 4) is 5.75 Å². The van der Waals surface area contributed by atoms with Crippen LogP contribution in [0.3, 0.4) is 0 Å².